The normalized spacial score (nSPS) is 10.6. The summed E-state index contributed by atoms with van der Waals surface area (Å²) in [7, 11) is 0. The summed E-state index contributed by atoms with van der Waals surface area (Å²) in [4.78, 5) is 8.41. The van der Waals surface area contributed by atoms with E-state index in [-0.39, 0.29) is 0 Å². The van der Waals surface area contributed by atoms with Gasteiger partial charge in [-0.1, -0.05) is 25.5 Å². The topological polar surface area (TPSA) is 61.0 Å². The highest BCUT2D eigenvalue weighted by Gasteiger charge is 2.04. The van der Waals surface area contributed by atoms with Gasteiger partial charge in [0.15, 0.2) is 0 Å². The Morgan fingerprint density at radius 2 is 2.06 bits per heavy atom. The van der Waals surface area contributed by atoms with Gasteiger partial charge in [-0.15, -0.1) is 0 Å². The van der Waals surface area contributed by atoms with Crippen LogP contribution in [0.2, 0.25) is 0 Å². The van der Waals surface area contributed by atoms with Crippen LogP contribution in [0.25, 0.3) is 10.9 Å². The first-order chi connectivity index (χ1) is 7.81. The molecule has 2 aromatic rings. The summed E-state index contributed by atoms with van der Waals surface area (Å²) >= 11 is 0. The van der Waals surface area contributed by atoms with E-state index in [9.17, 15) is 0 Å². The molecule has 0 fully saturated rings. The molecule has 16 heavy (non-hydrogen) atoms. The highest BCUT2D eigenvalue weighted by Crippen LogP contribution is 2.19. The predicted octanol–water partition coefficient (Wildman–Crippen LogP) is 2.39. The van der Waals surface area contributed by atoms with E-state index in [2.05, 4.69) is 16.9 Å². The Kier molecular flexibility index (Phi) is 3.19. The van der Waals surface area contributed by atoms with Crippen LogP contribution >= 0.6 is 0 Å². The average molecular weight is 217 g/mol. The number of hydrogen-bond donors (Lipinski definition) is 1. The summed E-state index contributed by atoms with van der Waals surface area (Å²) in [5, 5.41) is 0.866. The molecule has 1 aromatic carbocycles. The number of nitrogens with two attached hydrogens (primary N) is 1. The van der Waals surface area contributed by atoms with Crippen molar-refractivity contribution in [2.24, 2.45) is 0 Å². The van der Waals surface area contributed by atoms with E-state index in [4.69, 9.17) is 10.5 Å². The fourth-order valence-corrected chi connectivity index (χ4v) is 1.45. The number of rotatable bonds is 4. The molecule has 0 amide bonds. The lowest BCUT2D eigenvalue weighted by Crippen LogP contribution is -2.03. The third-order valence-electron chi connectivity index (χ3n) is 2.34. The van der Waals surface area contributed by atoms with Crippen LogP contribution in [0.3, 0.4) is 0 Å². The summed E-state index contributed by atoms with van der Waals surface area (Å²) in [6.07, 6.45) is 2.08. The number of unbranched alkanes of at least 4 members (excludes halogenated alkanes) is 1. The van der Waals surface area contributed by atoms with Crippen LogP contribution in [0.5, 0.6) is 6.01 Å². The molecule has 0 unspecified atom stereocenters. The van der Waals surface area contributed by atoms with E-state index in [1.165, 1.54) is 0 Å². The summed E-state index contributed by atoms with van der Waals surface area (Å²) in [6, 6.07) is 8.01. The minimum Gasteiger partial charge on any atom is -0.463 e. The summed E-state index contributed by atoms with van der Waals surface area (Å²) in [5.41, 5.74) is 6.65. The Morgan fingerprint density at radius 3 is 2.88 bits per heavy atom. The predicted molar refractivity (Wildman–Crippen MR) is 64.4 cm³/mol. The molecule has 0 radical (unpaired) electrons. The molecule has 0 saturated heterocycles. The zero-order valence-corrected chi connectivity index (χ0v) is 9.31. The number of aromatic nitrogens is 2. The van der Waals surface area contributed by atoms with Crippen LogP contribution in [-0.2, 0) is 0 Å². The second-order valence-electron chi connectivity index (χ2n) is 3.61. The van der Waals surface area contributed by atoms with Gasteiger partial charge in [0.1, 0.15) is 5.82 Å². The van der Waals surface area contributed by atoms with Gasteiger partial charge in [0.25, 0.3) is 0 Å². The van der Waals surface area contributed by atoms with Crippen molar-refractivity contribution >= 4 is 16.7 Å². The van der Waals surface area contributed by atoms with Gasteiger partial charge in [-0.2, -0.15) is 9.97 Å². The van der Waals surface area contributed by atoms with Crippen LogP contribution < -0.4 is 10.5 Å². The minimum absolute atomic E-state index is 0.365. The smallest absolute Gasteiger partial charge is 0.318 e. The number of fused-ring (bicyclic) bond motifs is 1. The molecule has 4 heteroatoms. The number of hydrogen-bond acceptors (Lipinski definition) is 4. The fourth-order valence-electron chi connectivity index (χ4n) is 1.45. The van der Waals surface area contributed by atoms with Gasteiger partial charge in [-0.25, -0.2) is 0 Å². The summed E-state index contributed by atoms with van der Waals surface area (Å²) in [5.74, 6) is 0.470. The number of ether oxygens (including phenoxy) is 1. The second-order valence-corrected chi connectivity index (χ2v) is 3.61. The maximum Gasteiger partial charge on any atom is 0.318 e. The highest BCUT2D eigenvalue weighted by atomic mass is 16.5. The lowest BCUT2D eigenvalue weighted by molar-refractivity contribution is 0.287. The summed E-state index contributed by atoms with van der Waals surface area (Å²) in [6.45, 7) is 2.74. The Balaban J connectivity index is 2.27. The first-order valence-electron chi connectivity index (χ1n) is 5.46. The fraction of sp³-hybridized carbons (Fsp3) is 0.333. The number of anilines is 1. The van der Waals surface area contributed by atoms with Gasteiger partial charge in [-0.05, 0) is 18.6 Å². The molecule has 0 saturated carbocycles. The van der Waals surface area contributed by atoms with Gasteiger partial charge in [-0.3, -0.25) is 0 Å². The van der Waals surface area contributed by atoms with E-state index in [1.54, 1.807) is 0 Å². The quantitative estimate of drug-likeness (QED) is 0.799. The van der Waals surface area contributed by atoms with Crippen molar-refractivity contribution in [1.29, 1.82) is 0 Å². The Bertz CT molecular complexity index is 485. The number of nitrogens with zero attached hydrogens (tertiary/aromatic N) is 2. The molecule has 0 bridgehead atoms. The van der Waals surface area contributed by atoms with Crippen LogP contribution in [0.15, 0.2) is 24.3 Å². The monoisotopic (exact) mass is 217 g/mol. The second kappa shape index (κ2) is 4.79. The SMILES string of the molecule is CCCCOc1nc(N)c2ccccc2n1. The standard InChI is InChI=1S/C12H15N3O/c1-2-3-8-16-12-14-10-7-5-4-6-9(10)11(13)15-12/h4-7H,2-3,8H2,1H3,(H2,13,14,15). The van der Waals surface area contributed by atoms with Crippen molar-refractivity contribution in [2.75, 3.05) is 12.3 Å². The molecule has 0 aliphatic carbocycles. The van der Waals surface area contributed by atoms with Crippen LogP contribution in [-0.4, -0.2) is 16.6 Å². The van der Waals surface area contributed by atoms with E-state index < -0.39 is 0 Å². The van der Waals surface area contributed by atoms with E-state index >= 15 is 0 Å². The third-order valence-corrected chi connectivity index (χ3v) is 2.34. The molecule has 0 aliphatic heterocycles. The molecule has 2 rings (SSSR count). The Hall–Kier alpha value is -1.84. The largest absolute Gasteiger partial charge is 0.463 e. The molecular weight excluding hydrogens is 202 g/mol. The number of benzene rings is 1. The molecule has 4 nitrogen and oxygen atoms in total. The first kappa shape index (κ1) is 10.7. The average Bonchev–Trinajstić information content (AvgIpc) is 2.30. The van der Waals surface area contributed by atoms with Gasteiger partial charge in [0.2, 0.25) is 0 Å². The number of para-hydroxylation sites is 1. The molecule has 1 heterocycles. The van der Waals surface area contributed by atoms with Crippen molar-refractivity contribution in [3.63, 3.8) is 0 Å². The van der Waals surface area contributed by atoms with E-state index in [0.29, 0.717) is 18.4 Å². The van der Waals surface area contributed by atoms with Crippen molar-refractivity contribution in [2.45, 2.75) is 19.8 Å². The van der Waals surface area contributed by atoms with Crippen molar-refractivity contribution in [3.05, 3.63) is 24.3 Å². The van der Waals surface area contributed by atoms with Crippen molar-refractivity contribution < 1.29 is 4.74 Å². The highest BCUT2D eigenvalue weighted by molar-refractivity contribution is 5.87. The maximum absolute atomic E-state index is 5.83. The lowest BCUT2D eigenvalue weighted by Gasteiger charge is -2.06. The van der Waals surface area contributed by atoms with E-state index in [1.807, 2.05) is 24.3 Å². The van der Waals surface area contributed by atoms with Gasteiger partial charge >= 0.3 is 6.01 Å². The minimum atomic E-state index is 0.365. The lowest BCUT2D eigenvalue weighted by atomic mass is 10.2. The van der Waals surface area contributed by atoms with Gasteiger partial charge in [0, 0.05) is 5.39 Å². The molecular formula is C12H15N3O. The molecule has 1 aromatic heterocycles. The third kappa shape index (κ3) is 2.21. The van der Waals surface area contributed by atoms with Crippen LogP contribution in [0.1, 0.15) is 19.8 Å². The molecule has 0 spiro atoms. The molecule has 0 atom stereocenters. The molecule has 0 aliphatic rings. The Morgan fingerprint density at radius 1 is 1.25 bits per heavy atom. The van der Waals surface area contributed by atoms with Crippen LogP contribution in [0.4, 0.5) is 5.82 Å². The van der Waals surface area contributed by atoms with Crippen molar-refractivity contribution in [1.82, 2.24) is 9.97 Å². The van der Waals surface area contributed by atoms with Gasteiger partial charge < -0.3 is 10.5 Å². The van der Waals surface area contributed by atoms with Crippen LogP contribution in [0, 0.1) is 0 Å². The first-order valence-corrected chi connectivity index (χ1v) is 5.46. The van der Waals surface area contributed by atoms with Crippen molar-refractivity contribution in [3.8, 4) is 6.01 Å². The zero-order chi connectivity index (χ0) is 11.4. The molecule has 2 N–H and O–H groups in total. The Labute approximate surface area is 94.5 Å². The molecule has 84 valence electrons. The number of nitrogen functional groups attached to an aromatic ring is 1. The maximum atomic E-state index is 5.83. The van der Waals surface area contributed by atoms with E-state index in [0.717, 1.165) is 23.7 Å². The zero-order valence-electron chi connectivity index (χ0n) is 9.31. The van der Waals surface area contributed by atoms with Gasteiger partial charge in [0.05, 0.1) is 12.1 Å². The summed E-state index contributed by atoms with van der Waals surface area (Å²) < 4.78 is 5.43.